The lowest BCUT2D eigenvalue weighted by Crippen LogP contribution is -2.09. The molecule has 2 aromatic carbocycles. The maximum atomic E-state index is 11.3. The van der Waals surface area contributed by atoms with Crippen molar-refractivity contribution in [1.29, 1.82) is 0 Å². The number of hydrogen-bond acceptors (Lipinski definition) is 3. The molecule has 0 aliphatic carbocycles. The third-order valence-electron chi connectivity index (χ3n) is 3.63. The molecule has 0 spiro atoms. The first-order valence-electron chi connectivity index (χ1n) is 7.64. The van der Waals surface area contributed by atoms with Crippen LogP contribution in [0, 0.1) is 11.8 Å². The molecule has 0 saturated heterocycles. The van der Waals surface area contributed by atoms with E-state index in [-0.39, 0.29) is 5.75 Å². The van der Waals surface area contributed by atoms with Crippen LogP contribution in [0.5, 0.6) is 5.75 Å². The van der Waals surface area contributed by atoms with E-state index < -0.39 is 5.56 Å². The summed E-state index contributed by atoms with van der Waals surface area (Å²) in [6.07, 6.45) is 2.50. The fourth-order valence-corrected chi connectivity index (χ4v) is 2.30. The van der Waals surface area contributed by atoms with E-state index in [0.29, 0.717) is 18.5 Å². The maximum Gasteiger partial charge on any atom is 0.293 e. The second kappa shape index (κ2) is 7.30. The number of benzene rings is 2. The topological polar surface area (TPSA) is 66.0 Å². The third kappa shape index (κ3) is 3.90. The lowest BCUT2D eigenvalue weighted by atomic mass is 10.1. The van der Waals surface area contributed by atoms with Crippen LogP contribution in [0.4, 0.5) is 0 Å². The van der Waals surface area contributed by atoms with E-state index in [2.05, 4.69) is 21.8 Å². The molecular formula is C20H16N2O2. The van der Waals surface area contributed by atoms with Crippen LogP contribution in [0.15, 0.2) is 65.7 Å². The summed E-state index contributed by atoms with van der Waals surface area (Å²) in [4.78, 5) is 17.7. The molecule has 0 atom stereocenters. The van der Waals surface area contributed by atoms with Gasteiger partial charge in [-0.25, -0.2) is 4.98 Å². The second-order valence-corrected chi connectivity index (χ2v) is 5.34. The smallest absolute Gasteiger partial charge is 0.293 e. The first-order valence-corrected chi connectivity index (χ1v) is 7.64. The predicted octanol–water partition coefficient (Wildman–Crippen LogP) is 2.66. The van der Waals surface area contributed by atoms with Gasteiger partial charge in [0, 0.05) is 11.1 Å². The summed E-state index contributed by atoms with van der Waals surface area (Å²) in [6, 6.07) is 17.8. The summed E-state index contributed by atoms with van der Waals surface area (Å²) in [5, 5.41) is 9.67. The third-order valence-corrected chi connectivity index (χ3v) is 3.63. The molecule has 0 aliphatic heterocycles. The van der Waals surface area contributed by atoms with E-state index in [1.807, 2.05) is 54.6 Å². The minimum Gasteiger partial charge on any atom is -0.502 e. The molecule has 0 aliphatic rings. The SMILES string of the molecule is O=c1[nH]cnc(CCc2ccc(C#Cc3ccccc3)cc2)c1O. The van der Waals surface area contributed by atoms with E-state index in [1.54, 1.807) is 0 Å². The van der Waals surface area contributed by atoms with Gasteiger partial charge in [-0.2, -0.15) is 0 Å². The van der Waals surface area contributed by atoms with Crippen molar-refractivity contribution in [3.05, 3.63) is 93.7 Å². The highest BCUT2D eigenvalue weighted by Gasteiger charge is 2.06. The Hall–Kier alpha value is -3.32. The largest absolute Gasteiger partial charge is 0.502 e. The van der Waals surface area contributed by atoms with Gasteiger partial charge in [-0.15, -0.1) is 0 Å². The van der Waals surface area contributed by atoms with Gasteiger partial charge in [-0.1, -0.05) is 42.2 Å². The van der Waals surface area contributed by atoms with Crippen molar-refractivity contribution < 1.29 is 5.11 Å². The fraction of sp³-hybridized carbons (Fsp3) is 0.100. The van der Waals surface area contributed by atoms with Gasteiger partial charge in [-0.05, 0) is 42.7 Å². The number of aromatic nitrogens is 2. The van der Waals surface area contributed by atoms with Gasteiger partial charge in [0.15, 0.2) is 0 Å². The van der Waals surface area contributed by atoms with Crippen molar-refractivity contribution in [3.8, 4) is 17.6 Å². The first kappa shape index (κ1) is 15.6. The van der Waals surface area contributed by atoms with Crippen LogP contribution in [0.3, 0.4) is 0 Å². The number of nitrogens with zero attached hydrogens (tertiary/aromatic N) is 1. The molecule has 24 heavy (non-hydrogen) atoms. The lowest BCUT2D eigenvalue weighted by Gasteiger charge is -2.03. The minimum atomic E-state index is -0.508. The van der Waals surface area contributed by atoms with Crippen molar-refractivity contribution in [2.75, 3.05) is 0 Å². The highest BCUT2D eigenvalue weighted by Crippen LogP contribution is 2.12. The summed E-state index contributed by atoms with van der Waals surface area (Å²) in [6.45, 7) is 0. The van der Waals surface area contributed by atoms with Gasteiger partial charge in [0.25, 0.3) is 5.56 Å². The maximum absolute atomic E-state index is 11.3. The van der Waals surface area contributed by atoms with Gasteiger partial charge in [-0.3, -0.25) is 4.79 Å². The molecule has 0 saturated carbocycles. The molecule has 0 amide bonds. The molecule has 0 radical (unpaired) electrons. The molecule has 4 heteroatoms. The Balaban J connectivity index is 1.66. The number of aryl methyl sites for hydroxylation is 2. The van der Waals surface area contributed by atoms with E-state index in [9.17, 15) is 9.90 Å². The Morgan fingerprint density at radius 2 is 1.58 bits per heavy atom. The highest BCUT2D eigenvalue weighted by atomic mass is 16.3. The van der Waals surface area contributed by atoms with Gasteiger partial charge >= 0.3 is 0 Å². The average molecular weight is 316 g/mol. The lowest BCUT2D eigenvalue weighted by molar-refractivity contribution is 0.454. The standard InChI is InChI=1S/C20H16N2O2/c23-19-18(21-14-22-20(19)24)13-12-17-10-8-16(9-11-17)7-6-15-4-2-1-3-5-15/h1-5,8-11,14,23H,12-13H2,(H,21,22,24). The van der Waals surface area contributed by atoms with Crippen molar-refractivity contribution in [1.82, 2.24) is 9.97 Å². The molecule has 118 valence electrons. The van der Waals surface area contributed by atoms with E-state index in [0.717, 1.165) is 16.7 Å². The highest BCUT2D eigenvalue weighted by molar-refractivity contribution is 5.43. The molecule has 0 fully saturated rings. The molecule has 1 heterocycles. The van der Waals surface area contributed by atoms with Crippen molar-refractivity contribution >= 4 is 0 Å². The van der Waals surface area contributed by atoms with Crippen molar-refractivity contribution in [2.24, 2.45) is 0 Å². The monoisotopic (exact) mass is 316 g/mol. The second-order valence-electron chi connectivity index (χ2n) is 5.34. The van der Waals surface area contributed by atoms with E-state index in [4.69, 9.17) is 0 Å². The Morgan fingerprint density at radius 1 is 0.917 bits per heavy atom. The Kier molecular flexibility index (Phi) is 4.73. The number of hydrogen-bond donors (Lipinski definition) is 2. The normalized spacial score (nSPS) is 10.0. The van der Waals surface area contributed by atoms with Crippen LogP contribution in [0.1, 0.15) is 22.4 Å². The summed E-state index contributed by atoms with van der Waals surface area (Å²) in [7, 11) is 0. The van der Waals surface area contributed by atoms with Crippen LogP contribution < -0.4 is 5.56 Å². The quantitative estimate of drug-likeness (QED) is 0.730. The molecular weight excluding hydrogens is 300 g/mol. The summed E-state index contributed by atoms with van der Waals surface area (Å²) in [5.74, 6) is 5.95. The van der Waals surface area contributed by atoms with Crippen LogP contribution in [0.25, 0.3) is 0 Å². The molecule has 2 N–H and O–H groups in total. The zero-order valence-corrected chi connectivity index (χ0v) is 13.0. The van der Waals surface area contributed by atoms with E-state index >= 15 is 0 Å². The van der Waals surface area contributed by atoms with E-state index in [1.165, 1.54) is 6.33 Å². The van der Waals surface area contributed by atoms with Crippen molar-refractivity contribution in [3.63, 3.8) is 0 Å². The molecule has 0 unspecified atom stereocenters. The zero-order chi connectivity index (χ0) is 16.8. The van der Waals surface area contributed by atoms with Crippen LogP contribution in [-0.4, -0.2) is 15.1 Å². The van der Waals surface area contributed by atoms with Gasteiger partial charge in [0.1, 0.15) is 0 Å². The summed E-state index contributed by atoms with van der Waals surface area (Å²) >= 11 is 0. The van der Waals surface area contributed by atoms with Crippen LogP contribution in [-0.2, 0) is 12.8 Å². The molecule has 4 nitrogen and oxygen atoms in total. The number of nitrogens with one attached hydrogen (secondary N) is 1. The Morgan fingerprint density at radius 3 is 2.29 bits per heavy atom. The number of aromatic amines is 1. The molecule has 3 aromatic rings. The van der Waals surface area contributed by atoms with Crippen LogP contribution >= 0.6 is 0 Å². The first-order chi connectivity index (χ1) is 11.7. The number of aromatic hydroxyl groups is 1. The molecule has 3 rings (SSSR count). The predicted molar refractivity (Wildman–Crippen MR) is 92.8 cm³/mol. The molecule has 0 bridgehead atoms. The van der Waals surface area contributed by atoms with Gasteiger partial charge in [0.05, 0.1) is 12.0 Å². The Bertz CT molecular complexity index is 933. The number of rotatable bonds is 3. The van der Waals surface area contributed by atoms with Crippen molar-refractivity contribution in [2.45, 2.75) is 12.8 Å². The summed E-state index contributed by atoms with van der Waals surface area (Å²) in [5.41, 5.74) is 2.93. The minimum absolute atomic E-state index is 0.303. The van der Waals surface area contributed by atoms with Gasteiger partial charge < -0.3 is 10.1 Å². The number of H-pyrrole nitrogens is 1. The van der Waals surface area contributed by atoms with Crippen LogP contribution in [0.2, 0.25) is 0 Å². The van der Waals surface area contributed by atoms with Gasteiger partial charge in [0.2, 0.25) is 5.75 Å². The average Bonchev–Trinajstić information content (AvgIpc) is 2.63. The summed E-state index contributed by atoms with van der Waals surface area (Å²) < 4.78 is 0. The fourth-order valence-electron chi connectivity index (χ4n) is 2.30. The zero-order valence-electron chi connectivity index (χ0n) is 13.0. The Labute approximate surface area is 139 Å². The molecule has 1 aromatic heterocycles.